The monoisotopic (exact) mass is 489 g/mol. The predicted molar refractivity (Wildman–Crippen MR) is 121 cm³/mol. The zero-order valence-electron chi connectivity index (χ0n) is 18.0. The van der Waals surface area contributed by atoms with Crippen molar-refractivity contribution in [2.75, 3.05) is 36.0 Å². The minimum atomic E-state index is -4.72. The number of benzene rings is 1. The predicted octanol–water partition coefficient (Wildman–Crippen LogP) is 3.93. The van der Waals surface area contributed by atoms with Crippen molar-refractivity contribution in [3.05, 3.63) is 57.5 Å². The maximum Gasteiger partial charge on any atom is 0.573 e. The SMILES string of the molecule is Cn1c(=O)c(C#N)c(N2C[C@@H]3CN(c4ccc(OC(F)(F)F)cc4)C[C@H]3C2)c2nc(Cl)ccc21. The van der Waals surface area contributed by atoms with Crippen LogP contribution in [-0.4, -0.2) is 42.1 Å². The van der Waals surface area contributed by atoms with E-state index in [-0.39, 0.29) is 33.9 Å². The van der Waals surface area contributed by atoms with Crippen LogP contribution in [-0.2, 0) is 7.05 Å². The van der Waals surface area contributed by atoms with Crippen molar-refractivity contribution in [3.63, 3.8) is 0 Å². The maximum absolute atomic E-state index is 12.8. The number of hydrogen-bond donors (Lipinski definition) is 0. The molecule has 2 aliphatic heterocycles. The Morgan fingerprint density at radius 2 is 1.68 bits per heavy atom. The fourth-order valence-corrected chi connectivity index (χ4v) is 5.17. The van der Waals surface area contributed by atoms with Gasteiger partial charge in [-0.15, -0.1) is 13.2 Å². The number of alkyl halides is 3. The molecular weight excluding hydrogens is 471 g/mol. The summed E-state index contributed by atoms with van der Waals surface area (Å²) in [5.74, 6) is 0.265. The molecule has 176 valence electrons. The molecule has 5 rings (SSSR count). The molecule has 34 heavy (non-hydrogen) atoms. The number of aromatic nitrogens is 2. The molecule has 11 heteroatoms. The first-order chi connectivity index (χ1) is 16.1. The summed E-state index contributed by atoms with van der Waals surface area (Å²) in [7, 11) is 1.60. The zero-order valence-corrected chi connectivity index (χ0v) is 18.8. The molecule has 7 nitrogen and oxygen atoms in total. The van der Waals surface area contributed by atoms with Crippen LogP contribution in [0, 0.1) is 23.2 Å². The van der Waals surface area contributed by atoms with Crippen molar-refractivity contribution < 1.29 is 17.9 Å². The third-order valence-electron chi connectivity index (χ3n) is 6.53. The van der Waals surface area contributed by atoms with E-state index in [0.29, 0.717) is 42.9 Å². The Balaban J connectivity index is 1.39. The van der Waals surface area contributed by atoms with Gasteiger partial charge in [-0.3, -0.25) is 4.79 Å². The van der Waals surface area contributed by atoms with Crippen molar-refractivity contribution >= 4 is 34.0 Å². The van der Waals surface area contributed by atoms with Crippen LogP contribution in [0.25, 0.3) is 11.0 Å². The minimum absolute atomic E-state index is 0.0434. The Bertz CT molecular complexity index is 1350. The van der Waals surface area contributed by atoms with Gasteiger partial charge in [0.2, 0.25) is 0 Å². The van der Waals surface area contributed by atoms with Crippen LogP contribution >= 0.6 is 11.6 Å². The van der Waals surface area contributed by atoms with Gasteiger partial charge in [-0.25, -0.2) is 4.98 Å². The molecule has 1 aromatic carbocycles. The molecule has 0 radical (unpaired) electrons. The fourth-order valence-electron chi connectivity index (χ4n) is 5.02. The van der Waals surface area contributed by atoms with Gasteiger partial charge < -0.3 is 19.1 Å². The molecule has 2 aliphatic rings. The lowest BCUT2D eigenvalue weighted by Gasteiger charge is -2.26. The first-order valence-electron chi connectivity index (χ1n) is 10.6. The summed E-state index contributed by atoms with van der Waals surface area (Å²) in [6.45, 7) is 2.67. The van der Waals surface area contributed by atoms with Crippen molar-refractivity contribution in [3.8, 4) is 11.8 Å². The molecule has 2 aromatic heterocycles. The summed E-state index contributed by atoms with van der Waals surface area (Å²) in [4.78, 5) is 21.4. The Morgan fingerprint density at radius 3 is 2.26 bits per heavy atom. The number of pyridine rings is 2. The van der Waals surface area contributed by atoms with Crippen LogP contribution in [0.5, 0.6) is 5.75 Å². The second-order valence-corrected chi connectivity index (χ2v) is 8.96. The highest BCUT2D eigenvalue weighted by molar-refractivity contribution is 6.29. The number of fused-ring (bicyclic) bond motifs is 2. The van der Waals surface area contributed by atoms with Gasteiger partial charge >= 0.3 is 6.36 Å². The van der Waals surface area contributed by atoms with Crippen molar-refractivity contribution in [1.29, 1.82) is 5.26 Å². The van der Waals surface area contributed by atoms with Gasteiger partial charge in [0.1, 0.15) is 28.1 Å². The van der Waals surface area contributed by atoms with Crippen molar-refractivity contribution in [1.82, 2.24) is 9.55 Å². The summed E-state index contributed by atoms with van der Waals surface area (Å²) < 4.78 is 42.6. The summed E-state index contributed by atoms with van der Waals surface area (Å²) in [5.41, 5.74) is 2.11. The van der Waals surface area contributed by atoms with Gasteiger partial charge in [0.05, 0.1) is 11.2 Å². The van der Waals surface area contributed by atoms with Crippen LogP contribution in [0.2, 0.25) is 5.15 Å². The van der Waals surface area contributed by atoms with E-state index >= 15 is 0 Å². The largest absolute Gasteiger partial charge is 0.573 e. The Kier molecular flexibility index (Phi) is 5.32. The van der Waals surface area contributed by atoms with Crippen LogP contribution < -0.4 is 20.1 Å². The molecule has 2 fully saturated rings. The lowest BCUT2D eigenvalue weighted by Crippen LogP contribution is -2.32. The van der Waals surface area contributed by atoms with E-state index in [1.165, 1.54) is 16.7 Å². The van der Waals surface area contributed by atoms with E-state index in [0.717, 1.165) is 5.69 Å². The summed E-state index contributed by atoms with van der Waals surface area (Å²) in [6.07, 6.45) is -4.72. The standard InChI is InChI=1S/C23H19ClF3N5O2/c1-30-18-6-7-19(24)29-20(18)21(17(8-28)22(30)33)32-11-13-9-31(10-14(13)12-32)15-2-4-16(5-3-15)34-23(25,26)27/h2-7,13-14H,9-12H2,1H3/t13-,14-/m0/s1. The van der Waals surface area contributed by atoms with Gasteiger partial charge in [0.15, 0.2) is 0 Å². The Labute approximate surface area is 197 Å². The number of hydrogen-bond acceptors (Lipinski definition) is 6. The third-order valence-corrected chi connectivity index (χ3v) is 6.74. The minimum Gasteiger partial charge on any atom is -0.406 e. The Morgan fingerprint density at radius 1 is 1.06 bits per heavy atom. The number of rotatable bonds is 3. The molecule has 3 aromatic rings. The highest BCUT2D eigenvalue weighted by atomic mass is 35.5. The quantitative estimate of drug-likeness (QED) is 0.519. The van der Waals surface area contributed by atoms with Gasteiger partial charge in [-0.1, -0.05) is 11.6 Å². The zero-order chi connectivity index (χ0) is 24.2. The molecule has 0 bridgehead atoms. The third kappa shape index (κ3) is 3.90. The molecule has 0 N–H and O–H groups in total. The number of halogens is 4. The molecule has 0 saturated carbocycles. The van der Waals surface area contributed by atoms with Gasteiger partial charge in [-0.05, 0) is 36.4 Å². The first-order valence-corrected chi connectivity index (χ1v) is 11.0. The van der Waals surface area contributed by atoms with Crippen LogP contribution in [0.1, 0.15) is 5.56 Å². The fraction of sp³-hybridized carbons (Fsp3) is 0.348. The first kappa shape index (κ1) is 22.3. The number of aryl methyl sites for hydroxylation is 1. The second kappa shape index (κ2) is 8.09. The number of nitriles is 1. The van der Waals surface area contributed by atoms with E-state index < -0.39 is 6.36 Å². The lowest BCUT2D eigenvalue weighted by molar-refractivity contribution is -0.274. The molecule has 0 spiro atoms. The van der Waals surface area contributed by atoms with Gasteiger partial charge in [0, 0.05) is 50.7 Å². The maximum atomic E-state index is 12.8. The van der Waals surface area contributed by atoms with Crippen molar-refractivity contribution in [2.24, 2.45) is 18.9 Å². The van der Waals surface area contributed by atoms with E-state index in [9.17, 15) is 23.2 Å². The smallest absolute Gasteiger partial charge is 0.406 e. The second-order valence-electron chi connectivity index (χ2n) is 8.57. The molecule has 0 aliphatic carbocycles. The lowest BCUT2D eigenvalue weighted by atomic mass is 10.0. The van der Waals surface area contributed by atoms with Gasteiger partial charge in [-0.2, -0.15) is 5.26 Å². The van der Waals surface area contributed by atoms with Crippen molar-refractivity contribution in [2.45, 2.75) is 6.36 Å². The highest BCUT2D eigenvalue weighted by Gasteiger charge is 2.42. The van der Waals surface area contributed by atoms with Crippen LogP contribution in [0.3, 0.4) is 0 Å². The number of nitrogens with zero attached hydrogens (tertiary/aromatic N) is 5. The average Bonchev–Trinajstić information content (AvgIpc) is 3.34. The highest BCUT2D eigenvalue weighted by Crippen LogP contribution is 2.39. The molecule has 0 amide bonds. The molecule has 2 atom stereocenters. The van der Waals surface area contributed by atoms with E-state index in [4.69, 9.17) is 11.6 Å². The van der Waals surface area contributed by atoms with E-state index in [2.05, 4.69) is 20.7 Å². The summed E-state index contributed by atoms with van der Waals surface area (Å²) >= 11 is 6.14. The molecule has 4 heterocycles. The van der Waals surface area contributed by atoms with E-state index in [1.807, 2.05) is 4.90 Å². The molecule has 0 unspecified atom stereocenters. The molecule has 2 saturated heterocycles. The summed E-state index contributed by atoms with van der Waals surface area (Å²) in [6, 6.07) is 11.2. The normalized spacial score (nSPS) is 20.0. The number of anilines is 2. The van der Waals surface area contributed by atoms with Gasteiger partial charge in [0.25, 0.3) is 5.56 Å². The Hall–Kier alpha value is -3.45. The van der Waals surface area contributed by atoms with Crippen LogP contribution in [0.4, 0.5) is 24.5 Å². The summed E-state index contributed by atoms with van der Waals surface area (Å²) in [5, 5.41) is 10.0. The average molecular weight is 490 g/mol. The topological polar surface area (TPSA) is 74.4 Å². The molecular formula is C23H19ClF3N5O2. The van der Waals surface area contributed by atoms with Crippen LogP contribution in [0.15, 0.2) is 41.2 Å². The number of ether oxygens (including phenoxy) is 1. The van der Waals surface area contributed by atoms with E-state index in [1.54, 1.807) is 31.3 Å².